The SMILES string of the molecule is C=C/C=C(/CC/C=C\C(F)=C\F)C(=C)OC. The second kappa shape index (κ2) is 8.65. The minimum Gasteiger partial charge on any atom is -0.497 e. The molecule has 0 fully saturated rings. The minimum atomic E-state index is -0.889. The molecule has 16 heavy (non-hydrogen) atoms. The highest BCUT2D eigenvalue weighted by Gasteiger charge is 2.00. The van der Waals surface area contributed by atoms with E-state index in [4.69, 9.17) is 4.74 Å². The Bertz CT molecular complexity index is 325. The van der Waals surface area contributed by atoms with E-state index in [9.17, 15) is 8.78 Å². The van der Waals surface area contributed by atoms with Gasteiger partial charge in [-0.15, -0.1) is 0 Å². The maximum atomic E-state index is 12.4. The first-order valence-corrected chi connectivity index (χ1v) is 4.83. The summed E-state index contributed by atoms with van der Waals surface area (Å²) in [7, 11) is 1.53. The molecule has 0 atom stereocenters. The smallest absolute Gasteiger partial charge is 0.151 e. The van der Waals surface area contributed by atoms with Gasteiger partial charge in [-0.05, 0) is 24.5 Å². The minimum absolute atomic E-state index is 0.0783. The van der Waals surface area contributed by atoms with E-state index in [2.05, 4.69) is 13.2 Å². The molecule has 0 heterocycles. The van der Waals surface area contributed by atoms with Crippen LogP contribution in [0.25, 0.3) is 0 Å². The van der Waals surface area contributed by atoms with Crippen LogP contribution >= 0.6 is 0 Å². The van der Waals surface area contributed by atoms with Crippen LogP contribution in [0.1, 0.15) is 12.8 Å². The van der Waals surface area contributed by atoms with E-state index in [-0.39, 0.29) is 6.33 Å². The fourth-order valence-electron chi connectivity index (χ4n) is 1.06. The highest BCUT2D eigenvalue weighted by molar-refractivity contribution is 5.27. The Hall–Kier alpha value is -1.64. The van der Waals surface area contributed by atoms with Gasteiger partial charge in [0.05, 0.1) is 7.11 Å². The van der Waals surface area contributed by atoms with Crippen LogP contribution < -0.4 is 0 Å². The Morgan fingerprint density at radius 3 is 2.62 bits per heavy atom. The number of hydrogen-bond donors (Lipinski definition) is 0. The van der Waals surface area contributed by atoms with Crippen molar-refractivity contribution in [1.82, 2.24) is 0 Å². The van der Waals surface area contributed by atoms with E-state index in [0.29, 0.717) is 18.6 Å². The van der Waals surface area contributed by atoms with Gasteiger partial charge < -0.3 is 4.74 Å². The molecule has 1 nitrogen and oxygen atoms in total. The molecule has 3 heteroatoms. The molecule has 0 spiro atoms. The number of allylic oxidation sites excluding steroid dienone is 6. The Kier molecular flexibility index (Phi) is 7.76. The summed E-state index contributed by atoms with van der Waals surface area (Å²) in [4.78, 5) is 0. The molecule has 0 saturated heterocycles. The summed E-state index contributed by atoms with van der Waals surface area (Å²) < 4.78 is 29.0. The van der Waals surface area contributed by atoms with Gasteiger partial charge in [0.1, 0.15) is 12.1 Å². The van der Waals surface area contributed by atoms with Gasteiger partial charge in [-0.2, -0.15) is 0 Å². The average molecular weight is 226 g/mol. The van der Waals surface area contributed by atoms with Crippen molar-refractivity contribution in [2.75, 3.05) is 7.11 Å². The molecule has 0 rings (SSSR count). The lowest BCUT2D eigenvalue weighted by Gasteiger charge is -2.07. The largest absolute Gasteiger partial charge is 0.497 e. The highest BCUT2D eigenvalue weighted by Crippen LogP contribution is 2.16. The van der Waals surface area contributed by atoms with Gasteiger partial charge in [0.2, 0.25) is 0 Å². The van der Waals surface area contributed by atoms with Gasteiger partial charge in [-0.1, -0.05) is 31.4 Å². The van der Waals surface area contributed by atoms with Gasteiger partial charge in [0, 0.05) is 0 Å². The number of halogens is 2. The second-order valence-electron chi connectivity index (χ2n) is 2.99. The monoisotopic (exact) mass is 226 g/mol. The van der Waals surface area contributed by atoms with Crippen molar-refractivity contribution in [2.24, 2.45) is 0 Å². The molecular formula is C13H16F2O. The van der Waals surface area contributed by atoms with Crippen LogP contribution in [-0.4, -0.2) is 7.11 Å². The lowest BCUT2D eigenvalue weighted by atomic mass is 10.1. The molecule has 0 amide bonds. The first-order chi connectivity index (χ1) is 7.65. The van der Waals surface area contributed by atoms with Crippen LogP contribution in [-0.2, 0) is 4.74 Å². The van der Waals surface area contributed by atoms with Crippen molar-refractivity contribution < 1.29 is 13.5 Å². The van der Waals surface area contributed by atoms with Gasteiger partial charge in [0.25, 0.3) is 0 Å². The first kappa shape index (κ1) is 14.4. The highest BCUT2D eigenvalue weighted by atomic mass is 19.2. The molecule has 0 aliphatic rings. The second-order valence-corrected chi connectivity index (χ2v) is 2.99. The van der Waals surface area contributed by atoms with Gasteiger partial charge >= 0.3 is 0 Å². The lowest BCUT2D eigenvalue weighted by Crippen LogP contribution is -1.90. The standard InChI is InChI=1S/C13H16F2O/c1-4-7-12(11(2)16-3)8-5-6-9-13(15)10-14/h4,6-7,9-10H,1-2,5,8H2,3H3/b9-6-,12-7-,13-10-. The number of ether oxygens (including phenoxy) is 1. The van der Waals surface area contributed by atoms with Crippen LogP contribution in [0.4, 0.5) is 8.78 Å². The van der Waals surface area contributed by atoms with Crippen molar-refractivity contribution in [3.8, 4) is 0 Å². The van der Waals surface area contributed by atoms with E-state index < -0.39 is 5.83 Å². The molecule has 88 valence electrons. The average Bonchev–Trinajstić information content (AvgIpc) is 2.31. The molecule has 0 aromatic heterocycles. The first-order valence-electron chi connectivity index (χ1n) is 4.83. The summed E-state index contributed by atoms with van der Waals surface area (Å²) in [5, 5.41) is 0. The number of rotatable bonds is 7. The van der Waals surface area contributed by atoms with Crippen LogP contribution in [0, 0.1) is 0 Å². The summed E-state index contributed by atoms with van der Waals surface area (Å²) in [6.45, 7) is 7.29. The Morgan fingerprint density at radius 1 is 1.44 bits per heavy atom. The molecular weight excluding hydrogens is 210 g/mol. The van der Waals surface area contributed by atoms with E-state index in [1.54, 1.807) is 18.2 Å². The maximum absolute atomic E-state index is 12.4. The Morgan fingerprint density at radius 2 is 2.12 bits per heavy atom. The topological polar surface area (TPSA) is 9.23 Å². The van der Waals surface area contributed by atoms with E-state index >= 15 is 0 Å². The molecule has 0 saturated carbocycles. The van der Waals surface area contributed by atoms with Crippen molar-refractivity contribution in [3.63, 3.8) is 0 Å². The van der Waals surface area contributed by atoms with Crippen LogP contribution in [0.5, 0.6) is 0 Å². The summed E-state index contributed by atoms with van der Waals surface area (Å²) in [5.41, 5.74) is 0.881. The van der Waals surface area contributed by atoms with Crippen molar-refractivity contribution in [1.29, 1.82) is 0 Å². The molecule has 0 bridgehead atoms. The predicted octanol–water partition coefficient (Wildman–Crippen LogP) is 4.38. The van der Waals surface area contributed by atoms with Crippen molar-refractivity contribution >= 4 is 0 Å². The van der Waals surface area contributed by atoms with Gasteiger partial charge in [0.15, 0.2) is 5.83 Å². The summed E-state index contributed by atoms with van der Waals surface area (Å²) in [6, 6.07) is 0. The fraction of sp³-hybridized carbons (Fsp3) is 0.231. The predicted molar refractivity (Wildman–Crippen MR) is 63.1 cm³/mol. The summed E-state index contributed by atoms with van der Waals surface area (Å²) in [5.74, 6) is -0.338. The zero-order valence-corrected chi connectivity index (χ0v) is 9.38. The number of hydrogen-bond acceptors (Lipinski definition) is 1. The zero-order valence-electron chi connectivity index (χ0n) is 9.38. The summed E-state index contributed by atoms with van der Waals surface area (Å²) >= 11 is 0. The molecule has 0 aromatic carbocycles. The quantitative estimate of drug-likeness (QED) is 0.462. The molecule has 0 unspecified atom stereocenters. The normalized spacial score (nSPS) is 12.9. The van der Waals surface area contributed by atoms with E-state index in [0.717, 1.165) is 11.6 Å². The fourth-order valence-corrected chi connectivity index (χ4v) is 1.06. The van der Waals surface area contributed by atoms with Crippen LogP contribution in [0.3, 0.4) is 0 Å². The van der Waals surface area contributed by atoms with Gasteiger partial charge in [-0.25, -0.2) is 8.78 Å². The Balaban J connectivity index is 4.25. The molecule has 0 aliphatic heterocycles. The molecule has 0 N–H and O–H groups in total. The third-order valence-electron chi connectivity index (χ3n) is 1.89. The molecule has 0 aliphatic carbocycles. The molecule has 0 aromatic rings. The third-order valence-corrected chi connectivity index (χ3v) is 1.89. The van der Waals surface area contributed by atoms with Gasteiger partial charge in [-0.3, -0.25) is 0 Å². The van der Waals surface area contributed by atoms with E-state index in [1.807, 2.05) is 0 Å². The van der Waals surface area contributed by atoms with Crippen LogP contribution in [0.2, 0.25) is 0 Å². The zero-order chi connectivity index (χ0) is 12.4. The van der Waals surface area contributed by atoms with E-state index in [1.165, 1.54) is 7.11 Å². The van der Waals surface area contributed by atoms with Crippen LogP contribution in [0.15, 0.2) is 61.0 Å². The van der Waals surface area contributed by atoms with Crippen molar-refractivity contribution in [3.05, 3.63) is 61.0 Å². The maximum Gasteiger partial charge on any atom is 0.151 e. The summed E-state index contributed by atoms with van der Waals surface area (Å²) in [6.07, 6.45) is 7.17. The van der Waals surface area contributed by atoms with Crippen molar-refractivity contribution in [2.45, 2.75) is 12.8 Å². The lowest BCUT2D eigenvalue weighted by molar-refractivity contribution is 0.300. The third kappa shape index (κ3) is 5.96. The molecule has 0 radical (unpaired) electrons. The Labute approximate surface area is 95.1 Å². The number of methoxy groups -OCH3 is 1.